The van der Waals surface area contributed by atoms with Crippen LogP contribution in [0.2, 0.25) is 5.15 Å². The minimum Gasteiger partial charge on any atom is -0.497 e. The van der Waals surface area contributed by atoms with Crippen LogP contribution in [0.3, 0.4) is 0 Å². The number of ether oxygens (including phenoxy) is 2. The van der Waals surface area contributed by atoms with E-state index >= 15 is 0 Å². The summed E-state index contributed by atoms with van der Waals surface area (Å²) in [5.41, 5.74) is 1.16. The number of hydrogen-bond donors (Lipinski definition) is 1. The molecule has 6 rings (SSSR count). The van der Waals surface area contributed by atoms with Crippen LogP contribution in [0.15, 0.2) is 42.7 Å². The molecule has 0 aliphatic carbocycles. The van der Waals surface area contributed by atoms with Crippen molar-refractivity contribution in [3.8, 4) is 11.5 Å². The van der Waals surface area contributed by atoms with Gasteiger partial charge in [0.25, 0.3) is 5.91 Å². The fourth-order valence-electron chi connectivity index (χ4n) is 5.28. The molecule has 0 bridgehead atoms. The predicted octanol–water partition coefficient (Wildman–Crippen LogP) is 5.04. The number of nitrogens with one attached hydrogen (secondary N) is 1. The van der Waals surface area contributed by atoms with Crippen LogP contribution in [0, 0.1) is 11.6 Å². The minimum absolute atomic E-state index is 0.0487. The number of nitrogens with zero attached hydrogens (tertiary/aromatic N) is 7. The molecule has 2 aromatic carbocycles. The summed E-state index contributed by atoms with van der Waals surface area (Å²) in [6, 6.07) is 7.31. The molecule has 1 aliphatic heterocycles. The molecule has 0 radical (unpaired) electrons. The lowest BCUT2D eigenvalue weighted by atomic mass is 9.92. The number of hydrogen-bond acceptors (Lipinski definition) is 9. The Bertz CT molecular complexity index is 1840. The summed E-state index contributed by atoms with van der Waals surface area (Å²) in [6.07, 6.45) is 4.07. The number of methoxy groups -OCH3 is 2. The van der Waals surface area contributed by atoms with Gasteiger partial charge in [-0.15, -0.1) is 5.10 Å². The first-order valence-electron chi connectivity index (χ1n) is 13.5. The molecule has 0 unspecified atom stereocenters. The van der Waals surface area contributed by atoms with Crippen molar-refractivity contribution in [3.05, 3.63) is 76.6 Å². The largest absolute Gasteiger partial charge is 0.497 e. The lowest BCUT2D eigenvalue weighted by molar-refractivity contribution is 0.0599. The molecule has 1 N–H and O–H groups in total. The van der Waals surface area contributed by atoms with E-state index in [0.29, 0.717) is 36.7 Å². The van der Waals surface area contributed by atoms with E-state index in [2.05, 4.69) is 20.3 Å². The van der Waals surface area contributed by atoms with E-state index in [0.717, 1.165) is 11.6 Å². The van der Waals surface area contributed by atoms with Crippen molar-refractivity contribution in [2.45, 2.75) is 38.3 Å². The zero-order valence-electron chi connectivity index (χ0n) is 23.5. The first kappa shape index (κ1) is 28.5. The normalized spacial score (nSPS) is 16.9. The quantitative estimate of drug-likeness (QED) is 0.271. The third-order valence-electron chi connectivity index (χ3n) is 7.59. The van der Waals surface area contributed by atoms with Gasteiger partial charge in [0.15, 0.2) is 17.3 Å². The van der Waals surface area contributed by atoms with E-state index in [-0.39, 0.29) is 57.8 Å². The molecule has 4 heterocycles. The lowest BCUT2D eigenvalue weighted by Crippen LogP contribution is -2.45. The second-order valence-corrected chi connectivity index (χ2v) is 10.6. The minimum atomic E-state index is -0.820. The van der Waals surface area contributed by atoms with Gasteiger partial charge in [-0.05, 0) is 38.0 Å². The van der Waals surface area contributed by atoms with Crippen molar-refractivity contribution >= 4 is 40.0 Å². The van der Waals surface area contributed by atoms with E-state index in [1.54, 1.807) is 31.3 Å². The number of carbonyl (C=O) groups is 1. The fraction of sp³-hybridized carbons (Fsp3) is 0.310. The summed E-state index contributed by atoms with van der Waals surface area (Å²) in [6.45, 7) is 2.54. The van der Waals surface area contributed by atoms with Gasteiger partial charge in [0.1, 0.15) is 33.7 Å². The average Bonchev–Trinajstić information content (AvgIpc) is 3.46. The number of piperidine rings is 1. The predicted molar refractivity (Wildman–Crippen MR) is 155 cm³/mol. The summed E-state index contributed by atoms with van der Waals surface area (Å²) in [7, 11) is 3.12. The highest BCUT2D eigenvalue weighted by Gasteiger charge is 2.33. The van der Waals surface area contributed by atoms with Gasteiger partial charge in [0.05, 0.1) is 32.0 Å². The van der Waals surface area contributed by atoms with Crippen LogP contribution in [-0.4, -0.2) is 67.2 Å². The zero-order chi connectivity index (χ0) is 30.2. The van der Waals surface area contributed by atoms with Crippen LogP contribution in [0.4, 0.5) is 14.7 Å². The number of amides is 1. The molecule has 5 aromatic rings. The SMILES string of the molecule is COc1ccc(CNc2nc3c(F)cc(F)cc3c3nc([C@@H]4CC[C@H](C)N(C(=O)c5cnc(Cl)cn5)C4)nn23)c(OC)c1. The van der Waals surface area contributed by atoms with E-state index in [4.69, 9.17) is 31.2 Å². The number of carbonyl (C=O) groups excluding carboxylic acids is 1. The Balaban J connectivity index is 1.37. The molecule has 43 heavy (non-hydrogen) atoms. The second-order valence-electron chi connectivity index (χ2n) is 10.3. The number of benzene rings is 2. The third-order valence-corrected chi connectivity index (χ3v) is 7.78. The van der Waals surface area contributed by atoms with Gasteiger partial charge < -0.3 is 19.7 Å². The van der Waals surface area contributed by atoms with Crippen molar-refractivity contribution < 1.29 is 23.0 Å². The molecule has 3 aromatic heterocycles. The molecule has 11 nitrogen and oxygen atoms in total. The highest BCUT2D eigenvalue weighted by molar-refractivity contribution is 6.29. The summed E-state index contributed by atoms with van der Waals surface area (Å²) >= 11 is 5.85. The Labute approximate surface area is 249 Å². The Kier molecular flexibility index (Phi) is 7.65. The molecule has 0 saturated carbocycles. The summed E-state index contributed by atoms with van der Waals surface area (Å²) in [5.74, 6) is -0.250. The van der Waals surface area contributed by atoms with Gasteiger partial charge in [-0.1, -0.05) is 11.6 Å². The van der Waals surface area contributed by atoms with E-state index in [1.165, 1.54) is 23.0 Å². The Morgan fingerprint density at radius 3 is 2.67 bits per heavy atom. The topological polar surface area (TPSA) is 120 Å². The first-order chi connectivity index (χ1) is 20.7. The maximum atomic E-state index is 15.0. The molecule has 2 atom stereocenters. The van der Waals surface area contributed by atoms with Crippen LogP contribution < -0.4 is 14.8 Å². The fourth-order valence-corrected chi connectivity index (χ4v) is 5.38. The molecular formula is C29H27ClF2N8O3. The number of aromatic nitrogens is 6. The standard InChI is InChI=1S/C29H27ClF2N8O3/c1-15-4-5-17(14-39(15)28(41)22-12-34-24(30)13-33-22)26-37-27-20-8-18(31)9-21(32)25(20)36-29(40(27)38-26)35-11-16-6-7-19(42-2)10-23(16)43-3/h6-10,12-13,15,17H,4-5,11,14H2,1-3H3,(H,35,36)/t15-,17+/m0/s1. The maximum Gasteiger partial charge on any atom is 0.274 e. The Hall–Kier alpha value is -4.65. The number of halogens is 3. The smallest absolute Gasteiger partial charge is 0.274 e. The zero-order valence-corrected chi connectivity index (χ0v) is 24.3. The van der Waals surface area contributed by atoms with Crippen LogP contribution in [0.25, 0.3) is 16.6 Å². The van der Waals surface area contributed by atoms with Crippen molar-refractivity contribution in [2.24, 2.45) is 0 Å². The molecular weight excluding hydrogens is 582 g/mol. The van der Waals surface area contributed by atoms with Gasteiger partial charge in [-0.3, -0.25) is 4.79 Å². The Morgan fingerprint density at radius 2 is 1.93 bits per heavy atom. The van der Waals surface area contributed by atoms with E-state index < -0.39 is 11.6 Å². The molecule has 0 spiro atoms. The highest BCUT2D eigenvalue weighted by atomic mass is 35.5. The number of fused-ring (bicyclic) bond motifs is 3. The van der Waals surface area contributed by atoms with Crippen molar-refractivity contribution in [1.29, 1.82) is 0 Å². The molecule has 1 aliphatic rings. The van der Waals surface area contributed by atoms with Crippen molar-refractivity contribution in [1.82, 2.24) is 34.4 Å². The monoisotopic (exact) mass is 608 g/mol. The van der Waals surface area contributed by atoms with Crippen LogP contribution in [-0.2, 0) is 6.54 Å². The Morgan fingerprint density at radius 1 is 1.09 bits per heavy atom. The molecule has 1 fully saturated rings. The summed E-state index contributed by atoms with van der Waals surface area (Å²) in [5, 5.41) is 8.31. The van der Waals surface area contributed by atoms with E-state index in [1.807, 2.05) is 13.0 Å². The second kappa shape index (κ2) is 11.6. The van der Waals surface area contributed by atoms with Gasteiger partial charge in [0.2, 0.25) is 5.95 Å². The maximum absolute atomic E-state index is 15.0. The highest BCUT2D eigenvalue weighted by Crippen LogP contribution is 2.32. The van der Waals surface area contributed by atoms with Gasteiger partial charge in [-0.25, -0.2) is 28.7 Å². The van der Waals surface area contributed by atoms with Gasteiger partial charge in [-0.2, -0.15) is 4.52 Å². The van der Waals surface area contributed by atoms with Gasteiger partial charge in [0, 0.05) is 42.7 Å². The molecule has 222 valence electrons. The third kappa shape index (κ3) is 5.47. The molecule has 14 heteroatoms. The molecule has 1 amide bonds. The number of likely N-dealkylation sites (tertiary alicyclic amines) is 1. The van der Waals surface area contributed by atoms with Crippen LogP contribution in [0.1, 0.15) is 47.6 Å². The van der Waals surface area contributed by atoms with Crippen molar-refractivity contribution in [3.63, 3.8) is 0 Å². The number of anilines is 1. The van der Waals surface area contributed by atoms with Crippen LogP contribution in [0.5, 0.6) is 11.5 Å². The lowest BCUT2D eigenvalue weighted by Gasteiger charge is -2.36. The summed E-state index contributed by atoms with van der Waals surface area (Å²) < 4.78 is 41.5. The summed E-state index contributed by atoms with van der Waals surface area (Å²) in [4.78, 5) is 32.3. The first-order valence-corrected chi connectivity index (χ1v) is 13.9. The average molecular weight is 609 g/mol. The van der Waals surface area contributed by atoms with Crippen molar-refractivity contribution in [2.75, 3.05) is 26.1 Å². The van der Waals surface area contributed by atoms with Gasteiger partial charge >= 0.3 is 0 Å². The van der Waals surface area contributed by atoms with E-state index in [9.17, 15) is 13.6 Å². The molecule has 1 saturated heterocycles. The van der Waals surface area contributed by atoms with Crippen LogP contribution >= 0.6 is 11.6 Å². The number of rotatable bonds is 7.